The maximum absolute atomic E-state index is 8.90. The van der Waals surface area contributed by atoms with Crippen molar-refractivity contribution in [2.75, 3.05) is 0 Å². The van der Waals surface area contributed by atoms with Crippen LogP contribution in [0.4, 0.5) is 0 Å². The summed E-state index contributed by atoms with van der Waals surface area (Å²) < 4.78 is 17.8. The van der Waals surface area contributed by atoms with Gasteiger partial charge in [0.05, 0.1) is 13.8 Å². The summed E-state index contributed by atoms with van der Waals surface area (Å²) in [5, 5.41) is 1.11. The first-order valence-electron chi connectivity index (χ1n) is 10.2. The first-order valence-corrected chi connectivity index (χ1v) is 12.7. The maximum Gasteiger partial charge on any atom is 0.0799 e. The molecule has 0 radical (unpaired) electrons. The van der Waals surface area contributed by atoms with E-state index in [2.05, 4.69) is 64.7 Å². The number of benzene rings is 1. The Labute approximate surface area is 158 Å². The molecule has 0 aliphatic heterocycles. The Balaban J connectivity index is 2.71. The van der Waals surface area contributed by atoms with E-state index in [4.69, 9.17) is 7.73 Å². The van der Waals surface area contributed by atoms with Gasteiger partial charge < -0.3 is 0 Å². The highest BCUT2D eigenvalue weighted by molar-refractivity contribution is 6.89. The van der Waals surface area contributed by atoms with Gasteiger partial charge in [-0.15, -0.1) is 0 Å². The average Bonchev–Trinajstić information content (AvgIpc) is 2.51. The van der Waals surface area contributed by atoms with Crippen molar-refractivity contribution in [2.24, 2.45) is 5.41 Å². The van der Waals surface area contributed by atoms with E-state index in [0.29, 0.717) is 0 Å². The van der Waals surface area contributed by atoms with Crippen molar-refractivity contribution in [1.29, 1.82) is 0 Å². The summed E-state index contributed by atoms with van der Waals surface area (Å²) in [7, 11) is -1.73. The normalized spacial score (nSPS) is 14.9. The Bertz CT molecular complexity index is 821. The summed E-state index contributed by atoms with van der Waals surface area (Å²) in [6.45, 7) is 19.3. The number of aromatic nitrogens is 1. The molecule has 0 saturated heterocycles. The zero-order chi connectivity index (χ0) is 20.8. The molecule has 0 saturated carbocycles. The second-order valence-electron chi connectivity index (χ2n) is 10.1. The third kappa shape index (κ3) is 5.28. The van der Waals surface area contributed by atoms with Crippen molar-refractivity contribution in [1.82, 2.24) is 4.98 Å². The Morgan fingerprint density at radius 3 is 2.16 bits per heavy atom. The lowest BCUT2D eigenvalue weighted by molar-refractivity contribution is 0.412. The lowest BCUT2D eigenvalue weighted by atomic mass is 9.85. The molecule has 0 N–H and O–H groups in total. The Kier molecular flexibility index (Phi) is 4.57. The molecule has 2 heteroatoms. The summed E-state index contributed by atoms with van der Waals surface area (Å²) in [5.74, 6) is 0. The number of nitrogens with zero attached hydrogens (tertiary/aromatic N) is 1. The highest BCUT2D eigenvalue weighted by Crippen LogP contribution is 2.28. The molecule has 0 aliphatic carbocycles. The smallest absolute Gasteiger partial charge is 0.0799 e. The Hall–Kier alpha value is -1.41. The van der Waals surface area contributed by atoms with E-state index in [1.807, 2.05) is 33.0 Å². The molecule has 2 rings (SSSR count). The van der Waals surface area contributed by atoms with Crippen LogP contribution in [-0.4, -0.2) is 13.1 Å². The molecule has 1 aromatic heterocycles. The first-order chi connectivity index (χ1) is 12.0. The standard InChI is InChI=1S/C23H35NSi/c1-22(2,3)15-18-14-20(24-16-21(18)25(7,8)9)17-11-10-12-19(13-17)23(4,5)6/h10-14,16H,15H2,1-9H3/i15D2. The van der Waals surface area contributed by atoms with Gasteiger partial charge >= 0.3 is 0 Å². The maximum atomic E-state index is 8.90. The average molecular weight is 356 g/mol. The third-order valence-electron chi connectivity index (χ3n) is 4.25. The number of pyridine rings is 1. The number of hydrogen-bond donors (Lipinski definition) is 0. The predicted octanol–water partition coefficient (Wildman–Crippen LogP) is 6.18. The highest BCUT2D eigenvalue weighted by Gasteiger charge is 2.24. The highest BCUT2D eigenvalue weighted by atomic mass is 28.3. The van der Waals surface area contributed by atoms with Crippen LogP contribution in [0, 0.1) is 5.41 Å². The summed E-state index contributed by atoms with van der Waals surface area (Å²) in [6.07, 6.45) is 0.506. The molecule has 0 spiro atoms. The van der Waals surface area contributed by atoms with Crippen LogP contribution >= 0.6 is 0 Å². The molecule has 0 amide bonds. The zero-order valence-electron chi connectivity index (χ0n) is 19.4. The molecule has 0 atom stereocenters. The minimum atomic E-state index is -1.73. The Morgan fingerprint density at radius 1 is 1.00 bits per heavy atom. The fourth-order valence-corrected chi connectivity index (χ4v) is 4.26. The lowest BCUT2D eigenvalue weighted by Crippen LogP contribution is -2.41. The summed E-state index contributed by atoms with van der Waals surface area (Å²) in [4.78, 5) is 4.76. The molecular weight excluding hydrogens is 318 g/mol. The van der Waals surface area contributed by atoms with E-state index in [1.165, 1.54) is 5.56 Å². The van der Waals surface area contributed by atoms with E-state index >= 15 is 0 Å². The molecule has 2 aromatic rings. The fraction of sp³-hybridized carbons (Fsp3) is 0.522. The molecule has 0 fully saturated rings. The molecule has 1 heterocycles. The molecular formula is C23H35NSi. The van der Waals surface area contributed by atoms with Gasteiger partial charge in [-0.25, -0.2) is 0 Å². The summed E-state index contributed by atoms with van der Waals surface area (Å²) in [5.41, 5.74) is 3.54. The van der Waals surface area contributed by atoms with Crippen molar-refractivity contribution in [3.63, 3.8) is 0 Å². The van der Waals surface area contributed by atoms with Crippen LogP contribution in [0.3, 0.4) is 0 Å². The van der Waals surface area contributed by atoms with Gasteiger partial charge in [0.2, 0.25) is 0 Å². The van der Waals surface area contributed by atoms with E-state index < -0.39 is 19.9 Å². The first kappa shape index (κ1) is 17.0. The van der Waals surface area contributed by atoms with Crippen molar-refractivity contribution in [3.8, 4) is 11.3 Å². The number of rotatable bonds is 3. The summed E-state index contributed by atoms with van der Waals surface area (Å²) in [6, 6.07) is 10.5. The fourth-order valence-electron chi connectivity index (χ4n) is 2.86. The van der Waals surface area contributed by atoms with Gasteiger partial charge in [0.1, 0.15) is 0 Å². The van der Waals surface area contributed by atoms with E-state index in [1.54, 1.807) is 0 Å². The van der Waals surface area contributed by atoms with Crippen molar-refractivity contribution >= 4 is 13.3 Å². The van der Waals surface area contributed by atoms with Gasteiger partial charge in [0.15, 0.2) is 0 Å². The molecule has 1 nitrogen and oxygen atoms in total. The summed E-state index contributed by atoms with van der Waals surface area (Å²) >= 11 is 0. The number of hydrogen-bond acceptors (Lipinski definition) is 1. The van der Waals surface area contributed by atoms with Crippen LogP contribution in [0.2, 0.25) is 19.6 Å². The van der Waals surface area contributed by atoms with Crippen LogP contribution in [0.25, 0.3) is 11.3 Å². The Morgan fingerprint density at radius 2 is 1.64 bits per heavy atom. The van der Waals surface area contributed by atoms with Crippen LogP contribution in [-0.2, 0) is 11.8 Å². The van der Waals surface area contributed by atoms with Crippen LogP contribution in [0.5, 0.6) is 0 Å². The molecule has 0 aliphatic rings. The molecule has 136 valence electrons. The zero-order valence-corrected chi connectivity index (χ0v) is 18.4. The van der Waals surface area contributed by atoms with Gasteiger partial charge in [-0.05, 0) is 45.6 Å². The second-order valence-corrected chi connectivity index (χ2v) is 15.1. The largest absolute Gasteiger partial charge is 0.256 e. The minimum absolute atomic E-state index is 0.0666. The van der Waals surface area contributed by atoms with Gasteiger partial charge in [-0.1, -0.05) is 79.4 Å². The van der Waals surface area contributed by atoms with Gasteiger partial charge in [0, 0.05) is 14.5 Å². The topological polar surface area (TPSA) is 12.9 Å². The second kappa shape index (κ2) is 6.72. The van der Waals surface area contributed by atoms with Crippen molar-refractivity contribution in [3.05, 3.63) is 47.7 Å². The predicted molar refractivity (Wildman–Crippen MR) is 115 cm³/mol. The van der Waals surface area contributed by atoms with E-state index in [-0.39, 0.29) is 5.41 Å². The van der Waals surface area contributed by atoms with Crippen LogP contribution in [0.15, 0.2) is 36.5 Å². The van der Waals surface area contributed by atoms with Crippen molar-refractivity contribution in [2.45, 2.75) is 73.0 Å². The molecule has 0 unspecified atom stereocenters. The van der Waals surface area contributed by atoms with Crippen LogP contribution in [0.1, 0.15) is 55.4 Å². The minimum Gasteiger partial charge on any atom is -0.256 e. The van der Waals surface area contributed by atoms with Crippen LogP contribution < -0.4 is 5.19 Å². The van der Waals surface area contributed by atoms with E-state index in [0.717, 1.165) is 22.0 Å². The van der Waals surface area contributed by atoms with Gasteiger partial charge in [-0.2, -0.15) is 0 Å². The van der Waals surface area contributed by atoms with E-state index in [9.17, 15) is 0 Å². The van der Waals surface area contributed by atoms with Crippen molar-refractivity contribution < 1.29 is 2.74 Å². The third-order valence-corrected chi connectivity index (χ3v) is 6.26. The molecule has 25 heavy (non-hydrogen) atoms. The quantitative estimate of drug-likeness (QED) is 0.599. The van der Waals surface area contributed by atoms with Gasteiger partial charge in [-0.3, -0.25) is 4.98 Å². The molecule has 0 bridgehead atoms. The SMILES string of the molecule is [2H]C([2H])(c1cc(-c2cccc(C(C)(C)C)c2)ncc1[Si](C)(C)C)C(C)(C)C. The van der Waals surface area contributed by atoms with Gasteiger partial charge in [0.25, 0.3) is 0 Å². The lowest BCUT2D eigenvalue weighted by Gasteiger charge is -2.26. The molecule has 1 aromatic carbocycles. The monoisotopic (exact) mass is 355 g/mol.